The van der Waals surface area contributed by atoms with Gasteiger partial charge in [-0.15, -0.1) is 12.4 Å². The maximum Gasteiger partial charge on any atom is 0.416 e. The van der Waals surface area contributed by atoms with Crippen molar-refractivity contribution in [3.8, 4) is 0 Å². The molecule has 1 aromatic rings. The van der Waals surface area contributed by atoms with Crippen LogP contribution in [0.3, 0.4) is 0 Å². The Hall–Kier alpha value is -1.27. The molecular formula is C10H11ClF3NO2. The third kappa shape index (κ3) is 4.24. The van der Waals surface area contributed by atoms with Crippen molar-refractivity contribution in [2.75, 3.05) is 0 Å². The van der Waals surface area contributed by atoms with E-state index in [0.717, 1.165) is 6.07 Å². The van der Waals surface area contributed by atoms with Crippen LogP contribution in [0.5, 0.6) is 0 Å². The first kappa shape index (κ1) is 15.7. The molecule has 1 unspecified atom stereocenters. The van der Waals surface area contributed by atoms with E-state index in [4.69, 9.17) is 10.8 Å². The van der Waals surface area contributed by atoms with Gasteiger partial charge in [0.25, 0.3) is 0 Å². The van der Waals surface area contributed by atoms with Crippen molar-refractivity contribution in [2.45, 2.75) is 18.6 Å². The van der Waals surface area contributed by atoms with Crippen LogP contribution in [0.15, 0.2) is 24.3 Å². The van der Waals surface area contributed by atoms with Crippen LogP contribution in [0.4, 0.5) is 13.2 Å². The highest BCUT2D eigenvalue weighted by atomic mass is 35.5. The summed E-state index contributed by atoms with van der Waals surface area (Å²) in [6, 6.07) is 3.55. The zero-order chi connectivity index (χ0) is 12.3. The van der Waals surface area contributed by atoms with Gasteiger partial charge < -0.3 is 10.8 Å². The van der Waals surface area contributed by atoms with Crippen molar-refractivity contribution in [3.05, 3.63) is 35.4 Å². The average molecular weight is 270 g/mol. The van der Waals surface area contributed by atoms with E-state index < -0.39 is 30.2 Å². The number of aliphatic carboxylic acids is 1. The van der Waals surface area contributed by atoms with E-state index in [2.05, 4.69) is 0 Å². The lowest BCUT2D eigenvalue weighted by molar-refractivity contribution is -0.140. The molecule has 17 heavy (non-hydrogen) atoms. The summed E-state index contributed by atoms with van der Waals surface area (Å²) >= 11 is 0. The number of rotatable bonds is 3. The molecule has 0 saturated heterocycles. The molecule has 96 valence electrons. The molecule has 0 aliphatic rings. The van der Waals surface area contributed by atoms with Crippen molar-refractivity contribution >= 4 is 18.4 Å². The maximum absolute atomic E-state index is 12.5. The van der Waals surface area contributed by atoms with Crippen LogP contribution in [0.2, 0.25) is 0 Å². The topological polar surface area (TPSA) is 63.3 Å². The van der Waals surface area contributed by atoms with Gasteiger partial charge in [0.15, 0.2) is 0 Å². The van der Waals surface area contributed by atoms with E-state index in [-0.39, 0.29) is 18.0 Å². The molecule has 0 bridgehead atoms. The van der Waals surface area contributed by atoms with Crippen LogP contribution in [0.25, 0.3) is 0 Å². The molecule has 0 spiro atoms. The minimum atomic E-state index is -4.52. The van der Waals surface area contributed by atoms with Gasteiger partial charge in [0.1, 0.15) is 0 Å². The second-order valence-corrected chi connectivity index (χ2v) is 3.29. The highest BCUT2D eigenvalue weighted by molar-refractivity contribution is 5.85. The summed E-state index contributed by atoms with van der Waals surface area (Å²) in [5, 5.41) is 8.48. The van der Waals surface area contributed by atoms with Crippen molar-refractivity contribution < 1.29 is 23.1 Å². The van der Waals surface area contributed by atoms with E-state index in [0.29, 0.717) is 0 Å². The van der Waals surface area contributed by atoms with E-state index in [1.54, 1.807) is 0 Å². The fourth-order valence-corrected chi connectivity index (χ4v) is 1.38. The van der Waals surface area contributed by atoms with Crippen LogP contribution in [0.1, 0.15) is 23.6 Å². The molecule has 0 amide bonds. The van der Waals surface area contributed by atoms with Gasteiger partial charge in [0.2, 0.25) is 0 Å². The second-order valence-electron chi connectivity index (χ2n) is 3.29. The fourth-order valence-electron chi connectivity index (χ4n) is 1.38. The van der Waals surface area contributed by atoms with E-state index in [9.17, 15) is 18.0 Å². The Morgan fingerprint density at radius 2 is 1.88 bits per heavy atom. The SMILES string of the molecule is Cl.NC(CC(=O)O)c1ccccc1C(F)(F)F. The monoisotopic (exact) mass is 269 g/mol. The predicted octanol–water partition coefficient (Wildman–Crippen LogP) is 2.60. The summed E-state index contributed by atoms with van der Waals surface area (Å²) in [5.41, 5.74) is 4.33. The average Bonchev–Trinajstić information content (AvgIpc) is 2.15. The van der Waals surface area contributed by atoms with Crippen LogP contribution < -0.4 is 5.73 Å². The van der Waals surface area contributed by atoms with Gasteiger partial charge in [-0.3, -0.25) is 4.79 Å². The number of carboxylic acid groups (broad SMARTS) is 1. The molecule has 1 aromatic carbocycles. The number of nitrogens with two attached hydrogens (primary N) is 1. The van der Waals surface area contributed by atoms with Crippen molar-refractivity contribution in [2.24, 2.45) is 5.73 Å². The minimum Gasteiger partial charge on any atom is -0.481 e. The van der Waals surface area contributed by atoms with Crippen molar-refractivity contribution in [3.63, 3.8) is 0 Å². The van der Waals surface area contributed by atoms with E-state index in [1.807, 2.05) is 0 Å². The first-order valence-electron chi connectivity index (χ1n) is 4.46. The minimum absolute atomic E-state index is 0. The zero-order valence-corrected chi connectivity index (χ0v) is 9.39. The predicted molar refractivity (Wildman–Crippen MR) is 57.9 cm³/mol. The quantitative estimate of drug-likeness (QED) is 0.886. The molecule has 0 aromatic heterocycles. The fraction of sp³-hybridized carbons (Fsp3) is 0.300. The number of carboxylic acids is 1. The van der Waals surface area contributed by atoms with Crippen LogP contribution >= 0.6 is 12.4 Å². The van der Waals surface area contributed by atoms with E-state index in [1.165, 1.54) is 18.2 Å². The molecular weight excluding hydrogens is 259 g/mol. The lowest BCUT2D eigenvalue weighted by Crippen LogP contribution is -2.19. The molecule has 0 fully saturated rings. The highest BCUT2D eigenvalue weighted by Gasteiger charge is 2.34. The Bertz CT molecular complexity index is 395. The number of alkyl halides is 3. The number of halogens is 4. The summed E-state index contributed by atoms with van der Waals surface area (Å²) in [7, 11) is 0. The van der Waals surface area contributed by atoms with Crippen LogP contribution in [0, 0.1) is 0 Å². The van der Waals surface area contributed by atoms with Crippen LogP contribution in [-0.2, 0) is 11.0 Å². The normalized spacial score (nSPS) is 12.7. The lowest BCUT2D eigenvalue weighted by atomic mass is 9.98. The first-order valence-corrected chi connectivity index (χ1v) is 4.46. The van der Waals surface area contributed by atoms with Crippen LogP contribution in [-0.4, -0.2) is 11.1 Å². The van der Waals surface area contributed by atoms with Gasteiger partial charge in [-0.25, -0.2) is 0 Å². The van der Waals surface area contributed by atoms with Gasteiger partial charge in [-0.2, -0.15) is 13.2 Å². The number of carbonyl (C=O) groups is 1. The van der Waals surface area contributed by atoms with E-state index >= 15 is 0 Å². The maximum atomic E-state index is 12.5. The smallest absolute Gasteiger partial charge is 0.416 e. The number of benzene rings is 1. The molecule has 0 aliphatic heterocycles. The van der Waals surface area contributed by atoms with Crippen molar-refractivity contribution in [1.29, 1.82) is 0 Å². The molecule has 3 nitrogen and oxygen atoms in total. The van der Waals surface area contributed by atoms with Gasteiger partial charge in [0.05, 0.1) is 12.0 Å². The molecule has 0 heterocycles. The Balaban J connectivity index is 0.00000256. The Morgan fingerprint density at radius 1 is 1.35 bits per heavy atom. The molecule has 1 atom stereocenters. The standard InChI is InChI=1S/C10H10F3NO2.ClH/c11-10(12,13)7-4-2-1-3-6(7)8(14)5-9(15)16;/h1-4,8H,5,14H2,(H,15,16);1H. The molecule has 0 aliphatic carbocycles. The van der Waals surface area contributed by atoms with Gasteiger partial charge in [0, 0.05) is 6.04 Å². The van der Waals surface area contributed by atoms with Gasteiger partial charge in [-0.1, -0.05) is 18.2 Å². The van der Waals surface area contributed by atoms with Gasteiger partial charge >= 0.3 is 12.1 Å². The second kappa shape index (κ2) is 5.88. The first-order chi connectivity index (χ1) is 7.32. The molecule has 0 saturated carbocycles. The lowest BCUT2D eigenvalue weighted by Gasteiger charge is -2.16. The third-order valence-electron chi connectivity index (χ3n) is 2.06. The summed E-state index contributed by atoms with van der Waals surface area (Å²) in [5.74, 6) is -1.23. The molecule has 7 heteroatoms. The third-order valence-corrected chi connectivity index (χ3v) is 2.06. The molecule has 1 rings (SSSR count). The Labute approximate surface area is 102 Å². The molecule has 3 N–H and O–H groups in total. The Morgan fingerprint density at radius 3 is 2.35 bits per heavy atom. The van der Waals surface area contributed by atoms with Crippen molar-refractivity contribution in [1.82, 2.24) is 0 Å². The largest absolute Gasteiger partial charge is 0.481 e. The number of hydrogen-bond acceptors (Lipinski definition) is 2. The summed E-state index contributed by atoms with van der Waals surface area (Å²) in [6.07, 6.45) is -5.06. The number of hydrogen-bond donors (Lipinski definition) is 2. The highest BCUT2D eigenvalue weighted by Crippen LogP contribution is 2.34. The summed E-state index contributed by atoms with van der Waals surface area (Å²) < 4.78 is 37.6. The van der Waals surface area contributed by atoms with Gasteiger partial charge in [-0.05, 0) is 11.6 Å². The molecule has 0 radical (unpaired) electrons. The summed E-state index contributed by atoms with van der Waals surface area (Å²) in [6.45, 7) is 0. The summed E-state index contributed by atoms with van der Waals surface area (Å²) in [4.78, 5) is 10.4. The Kier molecular flexibility index (Phi) is 5.44. The zero-order valence-electron chi connectivity index (χ0n) is 8.57.